The summed E-state index contributed by atoms with van der Waals surface area (Å²) in [4.78, 5) is 26.9. The van der Waals surface area contributed by atoms with Crippen LogP contribution < -0.4 is 9.80 Å². The standard InChI is InChI=1S/C19H22BClFN5O2/c1-12-5-3-7-15(22)16(12)26-10-13-9-23-18(21)24-17(13)27(19(26)28)14-6-4-8-25(11-14)20(2)29/h3,5,7,9,14,29H,4,6,8,10-11H2,1-2H3/t14-/m0/s1. The molecule has 4 rings (SSSR count). The highest BCUT2D eigenvalue weighted by Crippen LogP contribution is 2.36. The van der Waals surface area contributed by atoms with Crippen LogP contribution in [0, 0.1) is 12.7 Å². The predicted octanol–water partition coefficient (Wildman–Crippen LogP) is 3.10. The lowest BCUT2D eigenvalue weighted by atomic mass is 9.82. The zero-order chi connectivity index (χ0) is 20.7. The zero-order valence-electron chi connectivity index (χ0n) is 16.3. The number of rotatable bonds is 3. The van der Waals surface area contributed by atoms with Crippen LogP contribution in [0.25, 0.3) is 0 Å². The Morgan fingerprint density at radius 1 is 1.38 bits per heavy atom. The van der Waals surface area contributed by atoms with Gasteiger partial charge >= 0.3 is 13.1 Å². The SMILES string of the molecule is CB(O)N1CCC[C@H](N2C(=O)N(c3c(C)cccc3F)Cc3cnc(Cl)nc32)C1. The largest absolute Gasteiger partial charge is 0.437 e. The molecule has 0 spiro atoms. The topological polar surface area (TPSA) is 72.8 Å². The van der Waals surface area contributed by atoms with E-state index < -0.39 is 12.9 Å². The smallest absolute Gasteiger partial charge is 0.376 e. The van der Waals surface area contributed by atoms with E-state index in [1.54, 1.807) is 37.0 Å². The lowest BCUT2D eigenvalue weighted by Crippen LogP contribution is -2.58. The Kier molecular flexibility index (Phi) is 5.46. The molecule has 152 valence electrons. The van der Waals surface area contributed by atoms with E-state index in [9.17, 15) is 14.2 Å². The molecule has 0 saturated carbocycles. The molecular formula is C19H22BClFN5O2. The molecule has 1 fully saturated rings. The molecule has 1 N–H and O–H groups in total. The first-order chi connectivity index (χ1) is 13.9. The summed E-state index contributed by atoms with van der Waals surface area (Å²) in [5, 5.41) is 10.1. The van der Waals surface area contributed by atoms with Crippen molar-refractivity contribution < 1.29 is 14.2 Å². The Morgan fingerprint density at radius 2 is 2.17 bits per heavy atom. The molecule has 0 unspecified atom stereocenters. The highest BCUT2D eigenvalue weighted by molar-refractivity contribution is 6.45. The van der Waals surface area contributed by atoms with Gasteiger partial charge in [0, 0.05) is 18.3 Å². The van der Waals surface area contributed by atoms with Gasteiger partial charge in [-0.1, -0.05) is 12.1 Å². The second-order valence-electron chi connectivity index (χ2n) is 7.55. The number of aryl methyl sites for hydroxylation is 1. The van der Waals surface area contributed by atoms with Crippen LogP contribution >= 0.6 is 11.6 Å². The van der Waals surface area contributed by atoms with E-state index >= 15 is 0 Å². The minimum Gasteiger partial charge on any atom is -0.437 e. The Bertz CT molecular complexity index is 927. The van der Waals surface area contributed by atoms with Crippen LogP contribution in [0.15, 0.2) is 24.4 Å². The summed E-state index contributed by atoms with van der Waals surface area (Å²) in [5.41, 5.74) is 1.63. The van der Waals surface area contributed by atoms with Crippen molar-refractivity contribution in [2.24, 2.45) is 0 Å². The van der Waals surface area contributed by atoms with Crippen LogP contribution in [-0.2, 0) is 6.54 Å². The summed E-state index contributed by atoms with van der Waals surface area (Å²) >= 11 is 6.03. The molecule has 0 radical (unpaired) electrons. The number of para-hydroxylation sites is 1. The molecule has 0 bridgehead atoms. The Hall–Kier alpha value is -2.23. The molecule has 2 amide bonds. The van der Waals surface area contributed by atoms with Gasteiger partial charge in [0.15, 0.2) is 0 Å². The van der Waals surface area contributed by atoms with Crippen molar-refractivity contribution >= 4 is 36.2 Å². The van der Waals surface area contributed by atoms with E-state index in [0.29, 0.717) is 23.5 Å². The fourth-order valence-corrected chi connectivity index (χ4v) is 4.29. The van der Waals surface area contributed by atoms with E-state index in [4.69, 9.17) is 11.6 Å². The number of piperidine rings is 1. The summed E-state index contributed by atoms with van der Waals surface area (Å²) in [7, 11) is -0.615. The van der Waals surface area contributed by atoms with Gasteiger partial charge in [0.05, 0.1) is 18.3 Å². The van der Waals surface area contributed by atoms with Crippen molar-refractivity contribution in [3.8, 4) is 0 Å². The van der Waals surface area contributed by atoms with Gasteiger partial charge in [-0.05, 0) is 56.4 Å². The average Bonchev–Trinajstić information content (AvgIpc) is 2.68. The fraction of sp³-hybridized carbons (Fsp3) is 0.421. The number of carbonyl (C=O) groups is 1. The molecule has 3 heterocycles. The first kappa shape index (κ1) is 20.1. The van der Waals surface area contributed by atoms with Crippen LogP contribution in [-0.4, -0.2) is 52.0 Å². The van der Waals surface area contributed by atoms with Crippen LogP contribution in [0.2, 0.25) is 12.1 Å². The predicted molar refractivity (Wildman–Crippen MR) is 111 cm³/mol. The number of hydrogen-bond acceptors (Lipinski definition) is 5. The molecule has 1 saturated heterocycles. The van der Waals surface area contributed by atoms with Gasteiger partial charge in [0.2, 0.25) is 5.28 Å². The van der Waals surface area contributed by atoms with Crippen LogP contribution in [0.4, 0.5) is 20.7 Å². The fourth-order valence-electron chi connectivity index (χ4n) is 4.16. The van der Waals surface area contributed by atoms with Gasteiger partial charge in [-0.25, -0.2) is 14.2 Å². The van der Waals surface area contributed by atoms with E-state index in [1.807, 2.05) is 4.81 Å². The maximum absolute atomic E-state index is 14.7. The number of aromatic nitrogens is 2. The molecule has 2 aliphatic rings. The molecule has 7 nitrogen and oxygen atoms in total. The van der Waals surface area contributed by atoms with E-state index in [-0.39, 0.29) is 29.6 Å². The number of amides is 2. The highest BCUT2D eigenvalue weighted by atomic mass is 35.5. The van der Waals surface area contributed by atoms with Gasteiger partial charge in [-0.3, -0.25) is 9.80 Å². The lowest BCUT2D eigenvalue weighted by Gasteiger charge is -2.44. The minimum atomic E-state index is -0.615. The number of urea groups is 1. The Balaban J connectivity index is 1.78. The van der Waals surface area contributed by atoms with Crippen LogP contribution in [0.1, 0.15) is 24.0 Å². The molecular weight excluding hydrogens is 396 g/mol. The monoisotopic (exact) mass is 417 g/mol. The number of hydrogen-bond donors (Lipinski definition) is 1. The first-order valence-electron chi connectivity index (χ1n) is 9.66. The van der Waals surface area contributed by atoms with Gasteiger partial charge in [-0.2, -0.15) is 4.98 Å². The van der Waals surface area contributed by atoms with E-state index in [2.05, 4.69) is 9.97 Å². The van der Waals surface area contributed by atoms with Gasteiger partial charge < -0.3 is 9.83 Å². The third-order valence-electron chi connectivity index (χ3n) is 5.59. The number of nitrogens with zero attached hydrogens (tertiary/aromatic N) is 5. The van der Waals surface area contributed by atoms with Crippen LogP contribution in [0.5, 0.6) is 0 Å². The maximum atomic E-state index is 14.7. The molecule has 10 heteroatoms. The van der Waals surface area contributed by atoms with Crippen molar-refractivity contribution in [3.05, 3.63) is 46.6 Å². The van der Waals surface area contributed by atoms with E-state index in [0.717, 1.165) is 19.4 Å². The van der Waals surface area contributed by atoms with E-state index in [1.165, 1.54) is 11.0 Å². The third-order valence-corrected chi connectivity index (χ3v) is 5.77. The van der Waals surface area contributed by atoms with Crippen molar-refractivity contribution in [3.63, 3.8) is 0 Å². The molecule has 1 aromatic carbocycles. The summed E-state index contributed by atoms with van der Waals surface area (Å²) in [6, 6.07) is 4.19. The molecule has 1 atom stereocenters. The third kappa shape index (κ3) is 3.70. The molecule has 2 aromatic rings. The lowest BCUT2D eigenvalue weighted by molar-refractivity contribution is 0.235. The Morgan fingerprint density at radius 3 is 2.90 bits per heavy atom. The molecule has 2 aliphatic heterocycles. The van der Waals surface area contributed by atoms with Crippen molar-refractivity contribution in [1.29, 1.82) is 0 Å². The quantitative estimate of drug-likeness (QED) is 0.614. The van der Waals surface area contributed by atoms with Gasteiger partial charge in [0.25, 0.3) is 0 Å². The first-order valence-corrected chi connectivity index (χ1v) is 10.0. The summed E-state index contributed by atoms with van der Waals surface area (Å²) in [5.74, 6) is 0.00330. The van der Waals surface area contributed by atoms with Crippen LogP contribution in [0.3, 0.4) is 0 Å². The number of fused-ring (bicyclic) bond motifs is 1. The van der Waals surface area contributed by atoms with Crippen molar-refractivity contribution in [2.45, 2.75) is 39.2 Å². The highest BCUT2D eigenvalue weighted by Gasteiger charge is 2.40. The zero-order valence-corrected chi connectivity index (χ0v) is 17.1. The Labute approximate surface area is 174 Å². The van der Waals surface area contributed by atoms with Gasteiger partial charge in [0.1, 0.15) is 11.6 Å². The van der Waals surface area contributed by atoms with Crippen molar-refractivity contribution in [2.75, 3.05) is 22.9 Å². The number of carbonyl (C=O) groups excluding carboxylic acids is 1. The average molecular weight is 418 g/mol. The van der Waals surface area contributed by atoms with Gasteiger partial charge in [-0.15, -0.1) is 0 Å². The molecule has 1 aromatic heterocycles. The second kappa shape index (κ2) is 7.89. The summed E-state index contributed by atoms with van der Waals surface area (Å²) < 4.78 is 14.7. The number of halogens is 2. The number of anilines is 2. The minimum absolute atomic E-state index is 0.0558. The summed E-state index contributed by atoms with van der Waals surface area (Å²) in [6.07, 6.45) is 3.16. The maximum Gasteiger partial charge on any atom is 0.376 e. The second-order valence-corrected chi connectivity index (χ2v) is 7.89. The molecule has 0 aliphatic carbocycles. The summed E-state index contributed by atoms with van der Waals surface area (Å²) in [6.45, 7) is 4.90. The molecule has 29 heavy (non-hydrogen) atoms. The number of benzene rings is 1. The normalized spacial score (nSPS) is 20.0. The van der Waals surface area contributed by atoms with Crippen molar-refractivity contribution in [1.82, 2.24) is 14.8 Å².